The second kappa shape index (κ2) is 11.5. The van der Waals surface area contributed by atoms with E-state index in [-0.39, 0.29) is 49.1 Å². The number of benzene rings is 2. The van der Waals surface area contributed by atoms with Gasteiger partial charge in [0.15, 0.2) is 11.2 Å². The molecular formula is C40H36N4O8. The summed E-state index contributed by atoms with van der Waals surface area (Å²) in [5.41, 5.74) is 3.90. The van der Waals surface area contributed by atoms with E-state index in [1.165, 1.54) is 5.56 Å². The third-order valence-electron chi connectivity index (χ3n) is 11.5. The van der Waals surface area contributed by atoms with Crippen molar-refractivity contribution in [1.29, 1.82) is 0 Å². The fourth-order valence-corrected chi connectivity index (χ4v) is 8.53. The van der Waals surface area contributed by atoms with Crippen molar-refractivity contribution < 1.29 is 29.3 Å². The number of carbonyl (C=O) groups is 2. The molecule has 0 saturated carbocycles. The minimum atomic E-state index is -1.79. The molecule has 0 fully saturated rings. The Morgan fingerprint density at radius 2 is 1.44 bits per heavy atom. The van der Waals surface area contributed by atoms with E-state index in [9.17, 15) is 29.4 Å². The molecule has 2 aromatic carbocycles. The zero-order valence-electron chi connectivity index (χ0n) is 28.6. The summed E-state index contributed by atoms with van der Waals surface area (Å²) in [5.74, 6) is -1.11. The molecule has 12 nitrogen and oxygen atoms in total. The normalized spacial score (nSPS) is 24.4. The number of carbonyl (C=O) groups excluding carboxylic acids is 2. The number of rotatable bonds is 2. The molecule has 0 bridgehead atoms. The number of hydrogen-bond acceptors (Lipinski definition) is 10. The maximum atomic E-state index is 13.1. The van der Waals surface area contributed by atoms with Crippen LogP contribution in [0.5, 0.6) is 0 Å². The van der Waals surface area contributed by atoms with Gasteiger partial charge in [-0.25, -0.2) is 14.6 Å². The quantitative estimate of drug-likeness (QED) is 0.226. The number of aromatic nitrogens is 3. The lowest BCUT2D eigenvalue weighted by Crippen LogP contribution is -2.44. The lowest BCUT2D eigenvalue weighted by atomic mass is 9.84. The summed E-state index contributed by atoms with van der Waals surface area (Å²) in [4.78, 5) is 55.1. The smallest absolute Gasteiger partial charge is 0.343 e. The molecule has 2 unspecified atom stereocenters. The summed E-state index contributed by atoms with van der Waals surface area (Å²) in [5, 5.41) is 26.3. The van der Waals surface area contributed by atoms with E-state index in [1.807, 2.05) is 54.6 Å². The lowest BCUT2D eigenvalue weighted by molar-refractivity contribution is -0.172. The molecule has 12 heteroatoms. The average Bonchev–Trinajstić information content (AvgIpc) is 3.71. The van der Waals surface area contributed by atoms with Crippen LogP contribution in [0.15, 0.2) is 76.3 Å². The zero-order valence-corrected chi connectivity index (χ0v) is 28.6. The van der Waals surface area contributed by atoms with Crippen LogP contribution >= 0.6 is 0 Å². The van der Waals surface area contributed by atoms with Crippen LogP contribution in [0.1, 0.15) is 71.8 Å². The highest BCUT2D eigenvalue weighted by Crippen LogP contribution is 2.44. The Labute approximate surface area is 297 Å². The molecule has 3 N–H and O–H groups in total. The first-order chi connectivity index (χ1) is 25.1. The molecule has 0 aliphatic carbocycles. The van der Waals surface area contributed by atoms with Crippen molar-refractivity contribution in [3.8, 4) is 11.4 Å². The monoisotopic (exact) mass is 700 g/mol. The molecule has 4 atom stereocenters. The summed E-state index contributed by atoms with van der Waals surface area (Å²) in [6, 6.07) is 21.6. The highest BCUT2D eigenvalue weighted by Gasteiger charge is 2.48. The van der Waals surface area contributed by atoms with E-state index in [2.05, 4.69) is 11.4 Å². The topological polar surface area (TPSA) is 162 Å². The molecule has 5 aliphatic rings. The number of aliphatic hydroxyl groups is 2. The summed E-state index contributed by atoms with van der Waals surface area (Å²) >= 11 is 0. The first-order valence-corrected chi connectivity index (χ1v) is 17.6. The van der Waals surface area contributed by atoms with Crippen LogP contribution in [0.2, 0.25) is 0 Å². The second-order valence-electron chi connectivity index (χ2n) is 14.2. The number of fused-ring (bicyclic) bond motifs is 10. The van der Waals surface area contributed by atoms with Crippen molar-refractivity contribution in [3.05, 3.63) is 127 Å². The number of anilines is 1. The Balaban J connectivity index is 0.000000138. The number of ether oxygens (including phenoxy) is 2. The van der Waals surface area contributed by atoms with Crippen molar-refractivity contribution in [3.63, 3.8) is 0 Å². The number of para-hydroxylation sites is 2. The van der Waals surface area contributed by atoms with E-state index in [1.54, 1.807) is 29.0 Å². The number of nitrogens with zero attached hydrogens (tertiary/aromatic N) is 3. The van der Waals surface area contributed by atoms with Gasteiger partial charge < -0.3 is 34.1 Å². The molecule has 52 heavy (non-hydrogen) atoms. The number of esters is 2. The summed E-state index contributed by atoms with van der Waals surface area (Å²) < 4.78 is 13.6. The molecule has 10 rings (SSSR count). The number of pyridine rings is 3. The van der Waals surface area contributed by atoms with Crippen molar-refractivity contribution in [2.45, 2.75) is 76.7 Å². The highest BCUT2D eigenvalue weighted by molar-refractivity contribution is 5.86. The van der Waals surface area contributed by atoms with E-state index in [0.29, 0.717) is 41.0 Å². The van der Waals surface area contributed by atoms with Crippen LogP contribution in [0.25, 0.3) is 22.3 Å². The van der Waals surface area contributed by atoms with Crippen molar-refractivity contribution >= 4 is 28.5 Å². The Kier molecular flexibility index (Phi) is 7.12. The lowest BCUT2D eigenvalue weighted by Gasteiger charge is -2.33. The zero-order chi connectivity index (χ0) is 36.1. The van der Waals surface area contributed by atoms with Gasteiger partial charge in [0.05, 0.1) is 40.6 Å². The van der Waals surface area contributed by atoms with Crippen LogP contribution < -0.4 is 16.4 Å². The van der Waals surface area contributed by atoms with Crippen molar-refractivity contribution in [2.24, 2.45) is 5.92 Å². The molecule has 5 aromatic rings. The maximum Gasteiger partial charge on any atom is 0.343 e. The van der Waals surface area contributed by atoms with Gasteiger partial charge in [-0.05, 0) is 55.2 Å². The molecule has 8 heterocycles. The molecule has 264 valence electrons. The average molecular weight is 701 g/mol. The SMILES string of the molecule is CC[C@@]1(O)C(=O)OCc2c1cc1n(c2=O)CC2Cc3ccccc3NC12.CC[C@@]1(O)C(=O)OCc2c1cc1n(c2=O)Cc2cc3ccccc3nc2-1. The Morgan fingerprint density at radius 1 is 0.808 bits per heavy atom. The van der Waals surface area contributed by atoms with Gasteiger partial charge in [-0.2, -0.15) is 0 Å². The van der Waals surface area contributed by atoms with Gasteiger partial charge in [-0.3, -0.25) is 9.59 Å². The van der Waals surface area contributed by atoms with Gasteiger partial charge in [-0.1, -0.05) is 50.2 Å². The van der Waals surface area contributed by atoms with Gasteiger partial charge in [0.2, 0.25) is 0 Å². The summed E-state index contributed by atoms with van der Waals surface area (Å²) in [6.07, 6.45) is 1.21. The minimum absolute atomic E-state index is 0.00181. The Hall–Kier alpha value is -5.59. The van der Waals surface area contributed by atoms with Crippen LogP contribution in [0.4, 0.5) is 5.69 Å². The van der Waals surface area contributed by atoms with E-state index in [0.717, 1.165) is 40.0 Å². The second-order valence-corrected chi connectivity index (χ2v) is 14.2. The molecule has 0 radical (unpaired) electrons. The highest BCUT2D eigenvalue weighted by atomic mass is 16.6. The van der Waals surface area contributed by atoms with Gasteiger partial charge >= 0.3 is 11.9 Å². The first-order valence-electron chi connectivity index (χ1n) is 17.6. The number of hydrogen-bond donors (Lipinski definition) is 3. The van der Waals surface area contributed by atoms with Gasteiger partial charge in [0.1, 0.15) is 13.2 Å². The van der Waals surface area contributed by atoms with Crippen molar-refractivity contribution in [1.82, 2.24) is 14.1 Å². The van der Waals surface area contributed by atoms with Gasteiger partial charge in [0.25, 0.3) is 11.1 Å². The molecule has 0 spiro atoms. The minimum Gasteiger partial charge on any atom is -0.458 e. The van der Waals surface area contributed by atoms with E-state index in [4.69, 9.17) is 14.5 Å². The first kappa shape index (κ1) is 32.3. The van der Waals surface area contributed by atoms with Gasteiger partial charge in [-0.15, -0.1) is 0 Å². The van der Waals surface area contributed by atoms with Crippen LogP contribution in [-0.4, -0.2) is 36.3 Å². The van der Waals surface area contributed by atoms with E-state index >= 15 is 0 Å². The molecular weight excluding hydrogens is 664 g/mol. The fraction of sp³-hybridized carbons (Fsp3) is 0.325. The molecule has 0 saturated heterocycles. The third-order valence-corrected chi connectivity index (χ3v) is 11.5. The number of cyclic esters (lactones) is 2. The molecule has 0 amide bonds. The standard InChI is InChI=1S/C20H20N2O4.C20H16N2O4/c2*1-2-20(25)14-8-16-17-12(7-11-5-3-4-6-15(11)21-17)9-22(16)18(23)13(14)10-26-19(20)24/h3-6,8,12,17,21,25H,2,7,9-10H2,1H3;3-8,25H,2,9-10H2,1H3/t12?,17?,20-;20-/m00/s1. The van der Waals surface area contributed by atoms with Crippen molar-refractivity contribution in [2.75, 3.05) is 5.32 Å². The molecule has 3 aromatic heterocycles. The number of nitrogens with one attached hydrogen (secondary N) is 1. The Bertz CT molecular complexity index is 2500. The third kappa shape index (κ3) is 4.50. The summed E-state index contributed by atoms with van der Waals surface area (Å²) in [6.45, 7) is 4.29. The predicted octanol–water partition coefficient (Wildman–Crippen LogP) is 3.92. The van der Waals surface area contributed by atoms with E-state index < -0.39 is 23.1 Å². The fourth-order valence-electron chi connectivity index (χ4n) is 8.53. The van der Waals surface area contributed by atoms with Crippen LogP contribution in [-0.2, 0) is 63.0 Å². The predicted molar refractivity (Wildman–Crippen MR) is 189 cm³/mol. The molecule has 5 aliphatic heterocycles. The Morgan fingerprint density at radius 3 is 2.15 bits per heavy atom. The largest absolute Gasteiger partial charge is 0.458 e. The van der Waals surface area contributed by atoms with Crippen LogP contribution in [0, 0.1) is 5.92 Å². The van der Waals surface area contributed by atoms with Crippen LogP contribution in [0.3, 0.4) is 0 Å². The van der Waals surface area contributed by atoms with Gasteiger partial charge in [0, 0.05) is 45.9 Å². The summed E-state index contributed by atoms with van der Waals surface area (Å²) in [7, 11) is 0. The maximum absolute atomic E-state index is 13.1.